The van der Waals surface area contributed by atoms with Crippen LogP contribution >= 0.6 is 0 Å². The minimum absolute atomic E-state index is 0.588. The summed E-state index contributed by atoms with van der Waals surface area (Å²) < 4.78 is 104. The number of nitrogens with one attached hydrogen (secondary N) is 1. The van der Waals surface area contributed by atoms with E-state index in [9.17, 15) is 39.6 Å². The van der Waals surface area contributed by atoms with Crippen LogP contribution in [0.5, 0.6) is 5.75 Å². The lowest BCUT2D eigenvalue weighted by Crippen LogP contribution is -2.41. The van der Waals surface area contributed by atoms with Crippen molar-refractivity contribution in [1.29, 1.82) is 0 Å². The molecule has 31 heavy (non-hydrogen) atoms. The van der Waals surface area contributed by atoms with Crippen molar-refractivity contribution < 1.29 is 49.4 Å². The van der Waals surface area contributed by atoms with Crippen LogP contribution in [0.3, 0.4) is 0 Å². The molecule has 2 aromatic rings. The van der Waals surface area contributed by atoms with Crippen LogP contribution < -0.4 is 15.8 Å². The topological polar surface area (TPSA) is 132 Å². The smallest absolute Gasteiger partial charge is 0.404 e. The first-order valence-corrected chi connectivity index (χ1v) is 9.49. The van der Waals surface area contributed by atoms with Crippen molar-refractivity contribution in [3.8, 4) is 5.75 Å². The number of nitrogens with zero attached hydrogens (tertiary/aromatic N) is 1. The molecule has 0 aliphatic heterocycles. The summed E-state index contributed by atoms with van der Waals surface area (Å²) in [5, 5.41) is 10.6. The summed E-state index contributed by atoms with van der Waals surface area (Å²) >= 11 is 0. The van der Waals surface area contributed by atoms with Crippen molar-refractivity contribution in [3.63, 3.8) is 0 Å². The molecule has 0 bridgehead atoms. The number of rotatable bonds is 6. The Morgan fingerprint density at radius 3 is 2.35 bits per heavy atom. The van der Waals surface area contributed by atoms with Gasteiger partial charge in [-0.25, -0.2) is 13.4 Å². The van der Waals surface area contributed by atoms with Crippen LogP contribution in [0.4, 0.5) is 32.0 Å². The highest BCUT2D eigenvalue weighted by Crippen LogP contribution is 2.33. The molecule has 0 saturated carbocycles. The Hall–Kier alpha value is -3.07. The quantitative estimate of drug-likeness (QED) is 0.547. The van der Waals surface area contributed by atoms with E-state index >= 15 is 0 Å². The predicted molar refractivity (Wildman–Crippen MR) is 91.6 cm³/mol. The first-order chi connectivity index (χ1) is 14.1. The molecule has 0 fully saturated rings. The Labute approximate surface area is 170 Å². The van der Waals surface area contributed by atoms with Gasteiger partial charge in [0.05, 0.1) is 17.1 Å². The molecule has 0 aliphatic carbocycles. The van der Waals surface area contributed by atoms with E-state index in [2.05, 4.69) is 9.72 Å². The summed E-state index contributed by atoms with van der Waals surface area (Å²) in [6, 6.07) is 4.55. The zero-order valence-corrected chi connectivity index (χ0v) is 15.8. The molecule has 0 unspecified atom stereocenters. The van der Waals surface area contributed by atoms with Crippen molar-refractivity contribution >= 4 is 21.4 Å². The fourth-order valence-corrected chi connectivity index (χ4v) is 3.56. The van der Waals surface area contributed by atoms with Crippen molar-refractivity contribution in [1.82, 2.24) is 10.3 Å². The second-order valence-corrected chi connectivity index (χ2v) is 7.79. The molecule has 0 aliphatic rings. The number of halogens is 6. The molecule has 1 amide bonds. The average molecular weight is 473 g/mol. The van der Waals surface area contributed by atoms with Crippen LogP contribution in [0.1, 0.15) is 10.5 Å². The van der Waals surface area contributed by atoms with Gasteiger partial charge in [0.25, 0.3) is 5.91 Å². The number of aliphatic hydroxyl groups is 1. The molecule has 1 aromatic carbocycles. The highest BCUT2D eigenvalue weighted by Gasteiger charge is 2.38. The van der Waals surface area contributed by atoms with Crippen LogP contribution in [-0.2, 0) is 9.84 Å². The van der Waals surface area contributed by atoms with Crippen LogP contribution in [0.25, 0.3) is 0 Å². The van der Waals surface area contributed by atoms with Gasteiger partial charge in [0.15, 0.2) is 11.8 Å². The van der Waals surface area contributed by atoms with Gasteiger partial charge in [-0.2, -0.15) is 13.2 Å². The van der Waals surface area contributed by atoms with Gasteiger partial charge in [-0.3, -0.25) is 4.79 Å². The fourth-order valence-electron chi connectivity index (χ4n) is 2.20. The number of benzene rings is 1. The molecule has 1 heterocycles. The van der Waals surface area contributed by atoms with Crippen LogP contribution in [0, 0.1) is 0 Å². The summed E-state index contributed by atoms with van der Waals surface area (Å²) in [4.78, 5) is 13.8. The highest BCUT2D eigenvalue weighted by atomic mass is 32.2. The molecule has 0 spiro atoms. The largest absolute Gasteiger partial charge is 0.573 e. The number of anilines is 1. The lowest BCUT2D eigenvalue weighted by Gasteiger charge is -2.16. The Balaban J connectivity index is 2.32. The van der Waals surface area contributed by atoms with Crippen molar-refractivity contribution in [2.75, 3.05) is 12.3 Å². The number of alkyl halides is 6. The number of ether oxygens (including phenoxy) is 1. The molecular formula is C16H13F6N3O5S. The van der Waals surface area contributed by atoms with Gasteiger partial charge in [-0.1, -0.05) is 12.1 Å². The standard InChI is InChI=1S/C16H13F6N3O5S/c17-15(18,19)12(26)7-25-14(27)13-9(23)5-8(6-24-13)31(28,29)11-4-2-1-3-10(11)30-16(20,21)22/h1-6,12,26H,7,23H2,(H,25,27)/t12-/m1/s1. The number of pyridine rings is 1. The average Bonchev–Trinajstić information content (AvgIpc) is 2.63. The van der Waals surface area contributed by atoms with Crippen molar-refractivity contribution in [3.05, 3.63) is 42.2 Å². The third-order valence-electron chi connectivity index (χ3n) is 3.62. The predicted octanol–water partition coefficient (Wildman–Crippen LogP) is 2.05. The first kappa shape index (κ1) is 24.2. The van der Waals surface area contributed by atoms with Gasteiger partial charge < -0.3 is 20.9 Å². The van der Waals surface area contributed by atoms with E-state index in [0.717, 1.165) is 24.3 Å². The minimum atomic E-state index is -5.17. The number of carbonyl (C=O) groups is 1. The third-order valence-corrected chi connectivity index (χ3v) is 5.38. The van der Waals surface area contributed by atoms with Crippen LogP contribution in [0.2, 0.25) is 0 Å². The SMILES string of the molecule is Nc1cc(S(=O)(=O)c2ccccc2OC(F)(F)F)cnc1C(=O)NC[C@@H](O)C(F)(F)F. The Morgan fingerprint density at radius 2 is 1.81 bits per heavy atom. The number of hydrogen-bond acceptors (Lipinski definition) is 7. The van der Waals surface area contributed by atoms with Gasteiger partial charge in [0.1, 0.15) is 10.6 Å². The maximum Gasteiger partial charge on any atom is 0.573 e. The van der Waals surface area contributed by atoms with E-state index in [1.54, 1.807) is 5.32 Å². The van der Waals surface area contributed by atoms with Crippen LogP contribution in [0.15, 0.2) is 46.3 Å². The van der Waals surface area contributed by atoms with E-state index in [-0.39, 0.29) is 0 Å². The van der Waals surface area contributed by atoms with Crippen molar-refractivity contribution in [2.45, 2.75) is 28.4 Å². The molecule has 0 radical (unpaired) electrons. The summed E-state index contributed by atoms with van der Waals surface area (Å²) in [7, 11) is -4.64. The number of carbonyl (C=O) groups excluding carboxylic acids is 1. The van der Waals surface area contributed by atoms with Gasteiger partial charge in [-0.15, -0.1) is 13.2 Å². The summed E-state index contributed by atoms with van der Waals surface area (Å²) in [6.07, 6.45) is -12.4. The Morgan fingerprint density at radius 1 is 1.19 bits per heavy atom. The number of amides is 1. The highest BCUT2D eigenvalue weighted by molar-refractivity contribution is 7.91. The summed E-state index contributed by atoms with van der Waals surface area (Å²) in [5.41, 5.74) is 4.30. The van der Waals surface area contributed by atoms with E-state index in [1.165, 1.54) is 0 Å². The van der Waals surface area contributed by atoms with E-state index < -0.39 is 67.9 Å². The molecular weight excluding hydrogens is 460 g/mol. The first-order valence-electron chi connectivity index (χ1n) is 8.01. The van der Waals surface area contributed by atoms with Gasteiger partial charge in [-0.05, 0) is 18.2 Å². The number of para-hydroxylation sites is 1. The van der Waals surface area contributed by atoms with Crippen LogP contribution in [-0.4, -0.2) is 49.6 Å². The fraction of sp³-hybridized carbons (Fsp3) is 0.250. The Bertz CT molecular complexity index is 1070. The molecule has 1 aromatic heterocycles. The Kier molecular flexibility index (Phi) is 6.70. The normalized spacial score (nSPS) is 13.5. The molecule has 2 rings (SSSR count). The second-order valence-electron chi connectivity index (χ2n) is 5.87. The van der Waals surface area contributed by atoms with Gasteiger partial charge in [0, 0.05) is 6.20 Å². The van der Waals surface area contributed by atoms with E-state index in [4.69, 9.17) is 10.8 Å². The van der Waals surface area contributed by atoms with Gasteiger partial charge >= 0.3 is 12.5 Å². The summed E-state index contributed by atoms with van der Waals surface area (Å²) in [5.74, 6) is -2.26. The number of aliphatic hydroxyl groups excluding tert-OH is 1. The minimum Gasteiger partial charge on any atom is -0.404 e. The second kappa shape index (κ2) is 8.58. The molecule has 15 heteroatoms. The number of nitrogen functional groups attached to an aromatic ring is 1. The zero-order valence-electron chi connectivity index (χ0n) is 15.0. The molecule has 4 N–H and O–H groups in total. The number of aromatic nitrogens is 1. The summed E-state index contributed by atoms with van der Waals surface area (Å²) in [6.45, 7) is -1.22. The molecule has 8 nitrogen and oxygen atoms in total. The lowest BCUT2D eigenvalue weighted by atomic mass is 10.2. The number of nitrogens with two attached hydrogens (primary N) is 1. The maximum atomic E-state index is 12.7. The third kappa shape index (κ3) is 5.97. The lowest BCUT2D eigenvalue weighted by molar-refractivity contribution is -0.275. The number of hydrogen-bond donors (Lipinski definition) is 3. The molecule has 170 valence electrons. The van der Waals surface area contributed by atoms with Crippen molar-refractivity contribution in [2.24, 2.45) is 0 Å². The molecule has 1 atom stereocenters. The van der Waals surface area contributed by atoms with E-state index in [0.29, 0.717) is 12.3 Å². The maximum absolute atomic E-state index is 12.7. The zero-order chi connectivity index (χ0) is 23.6. The monoisotopic (exact) mass is 473 g/mol. The van der Waals surface area contributed by atoms with Gasteiger partial charge in [0.2, 0.25) is 9.84 Å². The van der Waals surface area contributed by atoms with E-state index in [1.807, 2.05) is 0 Å². The number of sulfone groups is 1. The molecule has 0 saturated heterocycles.